The summed E-state index contributed by atoms with van der Waals surface area (Å²) in [4.78, 5) is 12.8. The van der Waals surface area contributed by atoms with Crippen molar-refractivity contribution in [2.45, 2.75) is 30.1 Å². The van der Waals surface area contributed by atoms with E-state index in [0.29, 0.717) is 18.4 Å². The first-order valence-electron chi connectivity index (χ1n) is 8.84. The highest BCUT2D eigenvalue weighted by molar-refractivity contribution is 7.89. The standard InChI is InChI=1S/C20H23FN2O3S/c1-15-7-9-16(10-8-15)27(25,26)23(2)14-13-22-19(24)20(11-12-20)17-5-3-4-6-18(17)21/h3-10H,11-14H2,1-2H3,(H,22,24). The molecule has 0 radical (unpaired) electrons. The minimum atomic E-state index is -3.61. The molecule has 1 N–H and O–H groups in total. The second kappa shape index (κ2) is 7.40. The molecule has 0 bridgehead atoms. The Morgan fingerprint density at radius 1 is 1.15 bits per heavy atom. The summed E-state index contributed by atoms with van der Waals surface area (Å²) >= 11 is 0. The molecule has 2 aromatic rings. The van der Waals surface area contributed by atoms with Crippen LogP contribution in [0, 0.1) is 12.7 Å². The number of hydrogen-bond donors (Lipinski definition) is 1. The number of nitrogens with zero attached hydrogens (tertiary/aromatic N) is 1. The van der Waals surface area contributed by atoms with Gasteiger partial charge in [-0.3, -0.25) is 4.79 Å². The second-order valence-corrected chi connectivity index (χ2v) is 9.00. The van der Waals surface area contributed by atoms with Gasteiger partial charge in [0, 0.05) is 25.7 Å². The van der Waals surface area contributed by atoms with Crippen LogP contribution in [0.15, 0.2) is 53.4 Å². The molecule has 0 heterocycles. The third kappa shape index (κ3) is 3.89. The fourth-order valence-corrected chi connectivity index (χ4v) is 4.27. The fourth-order valence-electron chi connectivity index (χ4n) is 3.10. The third-order valence-electron chi connectivity index (χ3n) is 5.02. The second-order valence-electron chi connectivity index (χ2n) is 6.96. The number of benzene rings is 2. The zero-order chi connectivity index (χ0) is 19.7. The van der Waals surface area contributed by atoms with Crippen LogP contribution in [0.25, 0.3) is 0 Å². The summed E-state index contributed by atoms with van der Waals surface area (Å²) in [5, 5.41) is 2.76. The zero-order valence-corrected chi connectivity index (χ0v) is 16.2. The molecule has 0 aromatic heterocycles. The summed E-state index contributed by atoms with van der Waals surface area (Å²) in [6, 6.07) is 12.9. The van der Waals surface area contributed by atoms with E-state index in [4.69, 9.17) is 0 Å². The maximum absolute atomic E-state index is 14.0. The molecule has 1 aliphatic carbocycles. The number of aryl methyl sites for hydroxylation is 1. The van der Waals surface area contributed by atoms with E-state index in [9.17, 15) is 17.6 Å². The largest absolute Gasteiger partial charge is 0.354 e. The van der Waals surface area contributed by atoms with Gasteiger partial charge in [-0.15, -0.1) is 0 Å². The molecular formula is C20H23FN2O3S. The Kier molecular flexibility index (Phi) is 5.35. The van der Waals surface area contributed by atoms with Gasteiger partial charge in [0.15, 0.2) is 0 Å². The molecular weight excluding hydrogens is 367 g/mol. The van der Waals surface area contributed by atoms with E-state index >= 15 is 0 Å². The summed E-state index contributed by atoms with van der Waals surface area (Å²) in [7, 11) is -2.13. The number of amides is 1. The van der Waals surface area contributed by atoms with E-state index in [0.717, 1.165) is 5.56 Å². The van der Waals surface area contributed by atoms with Crippen molar-refractivity contribution < 1.29 is 17.6 Å². The van der Waals surface area contributed by atoms with Crippen LogP contribution in [0.5, 0.6) is 0 Å². The van der Waals surface area contributed by atoms with Gasteiger partial charge in [-0.2, -0.15) is 4.31 Å². The lowest BCUT2D eigenvalue weighted by Crippen LogP contribution is -2.40. The quantitative estimate of drug-likeness (QED) is 0.790. The van der Waals surface area contributed by atoms with Crippen molar-refractivity contribution in [2.24, 2.45) is 0 Å². The first kappa shape index (κ1) is 19.5. The summed E-state index contributed by atoms with van der Waals surface area (Å²) < 4.78 is 40.4. The van der Waals surface area contributed by atoms with E-state index in [2.05, 4.69) is 5.32 Å². The number of nitrogens with one attached hydrogen (secondary N) is 1. The van der Waals surface area contributed by atoms with E-state index in [1.165, 1.54) is 17.4 Å². The van der Waals surface area contributed by atoms with E-state index < -0.39 is 15.4 Å². The Labute approximate surface area is 159 Å². The molecule has 2 aromatic carbocycles. The molecule has 27 heavy (non-hydrogen) atoms. The molecule has 0 aliphatic heterocycles. The van der Waals surface area contributed by atoms with Gasteiger partial charge in [-0.05, 0) is 38.0 Å². The van der Waals surface area contributed by atoms with E-state index in [-0.39, 0.29) is 29.7 Å². The lowest BCUT2D eigenvalue weighted by Gasteiger charge is -2.20. The van der Waals surface area contributed by atoms with Crippen molar-refractivity contribution in [1.29, 1.82) is 0 Å². The van der Waals surface area contributed by atoms with Crippen molar-refractivity contribution in [3.63, 3.8) is 0 Å². The Morgan fingerprint density at radius 2 is 1.78 bits per heavy atom. The van der Waals surface area contributed by atoms with Crippen LogP contribution >= 0.6 is 0 Å². The first-order chi connectivity index (χ1) is 12.8. The smallest absolute Gasteiger partial charge is 0.242 e. The summed E-state index contributed by atoms with van der Waals surface area (Å²) in [6.45, 7) is 2.19. The number of rotatable bonds is 7. The van der Waals surface area contributed by atoms with E-state index in [1.807, 2.05) is 6.92 Å². The summed E-state index contributed by atoms with van der Waals surface area (Å²) in [5.74, 6) is -0.641. The third-order valence-corrected chi connectivity index (χ3v) is 6.89. The molecule has 0 atom stereocenters. The average molecular weight is 390 g/mol. The van der Waals surface area contributed by atoms with Crippen LogP contribution < -0.4 is 5.32 Å². The van der Waals surface area contributed by atoms with Crippen LogP contribution in [0.1, 0.15) is 24.0 Å². The molecule has 7 heteroatoms. The topological polar surface area (TPSA) is 66.5 Å². The maximum Gasteiger partial charge on any atom is 0.242 e. The first-order valence-corrected chi connectivity index (χ1v) is 10.3. The normalized spacial score (nSPS) is 15.6. The predicted octanol–water partition coefficient (Wildman–Crippen LogP) is 2.60. The maximum atomic E-state index is 14.0. The minimum absolute atomic E-state index is 0.134. The van der Waals surface area contributed by atoms with Gasteiger partial charge in [0.2, 0.25) is 15.9 Å². The average Bonchev–Trinajstić information content (AvgIpc) is 3.44. The molecule has 1 aliphatic rings. The monoisotopic (exact) mass is 390 g/mol. The van der Waals surface area contributed by atoms with E-state index in [1.54, 1.807) is 42.5 Å². The van der Waals surface area contributed by atoms with Crippen molar-refractivity contribution in [1.82, 2.24) is 9.62 Å². The molecule has 1 amide bonds. The molecule has 1 fully saturated rings. The Bertz CT molecular complexity index is 938. The SMILES string of the molecule is Cc1ccc(S(=O)(=O)N(C)CCNC(=O)C2(c3ccccc3F)CC2)cc1. The van der Waals surface area contributed by atoms with Crippen LogP contribution in [0.4, 0.5) is 4.39 Å². The van der Waals surface area contributed by atoms with Gasteiger partial charge in [-0.25, -0.2) is 12.8 Å². The van der Waals surface area contributed by atoms with Crippen molar-refractivity contribution >= 4 is 15.9 Å². The number of hydrogen-bond acceptors (Lipinski definition) is 3. The molecule has 5 nitrogen and oxygen atoms in total. The minimum Gasteiger partial charge on any atom is -0.354 e. The Hall–Kier alpha value is -2.25. The molecule has 0 unspecified atom stereocenters. The lowest BCUT2D eigenvalue weighted by molar-refractivity contribution is -0.123. The number of carbonyl (C=O) groups excluding carboxylic acids is 1. The van der Waals surface area contributed by atoms with Gasteiger partial charge in [0.05, 0.1) is 10.3 Å². The van der Waals surface area contributed by atoms with Crippen molar-refractivity contribution in [3.8, 4) is 0 Å². The van der Waals surface area contributed by atoms with Gasteiger partial charge in [-0.1, -0.05) is 35.9 Å². The number of halogens is 1. The number of likely N-dealkylation sites (N-methyl/N-ethyl adjacent to an activating group) is 1. The molecule has 3 rings (SSSR count). The highest BCUT2D eigenvalue weighted by atomic mass is 32.2. The highest BCUT2D eigenvalue weighted by Gasteiger charge is 2.52. The Balaban J connectivity index is 1.60. The lowest BCUT2D eigenvalue weighted by atomic mass is 9.94. The zero-order valence-electron chi connectivity index (χ0n) is 15.4. The number of carbonyl (C=O) groups is 1. The molecule has 144 valence electrons. The van der Waals surface area contributed by atoms with Gasteiger partial charge >= 0.3 is 0 Å². The summed E-state index contributed by atoms with van der Waals surface area (Å²) in [6.07, 6.45) is 1.19. The van der Waals surface area contributed by atoms with Crippen LogP contribution in [0.2, 0.25) is 0 Å². The highest BCUT2D eigenvalue weighted by Crippen LogP contribution is 2.49. The van der Waals surface area contributed by atoms with Crippen LogP contribution in [0.3, 0.4) is 0 Å². The van der Waals surface area contributed by atoms with Crippen molar-refractivity contribution in [3.05, 3.63) is 65.5 Å². The van der Waals surface area contributed by atoms with Gasteiger partial charge < -0.3 is 5.32 Å². The van der Waals surface area contributed by atoms with Crippen LogP contribution in [-0.4, -0.2) is 38.8 Å². The molecule has 1 saturated carbocycles. The fraction of sp³-hybridized carbons (Fsp3) is 0.350. The summed E-state index contributed by atoms with van der Waals surface area (Å²) in [5.41, 5.74) is 0.564. The molecule has 0 saturated heterocycles. The van der Waals surface area contributed by atoms with Gasteiger partial charge in [0.25, 0.3) is 0 Å². The molecule has 0 spiro atoms. The van der Waals surface area contributed by atoms with Crippen LogP contribution in [-0.2, 0) is 20.2 Å². The number of sulfonamides is 1. The van der Waals surface area contributed by atoms with Crippen molar-refractivity contribution in [2.75, 3.05) is 20.1 Å². The predicted molar refractivity (Wildman–Crippen MR) is 101 cm³/mol. The Morgan fingerprint density at radius 3 is 2.37 bits per heavy atom. The van der Waals surface area contributed by atoms with Gasteiger partial charge in [0.1, 0.15) is 5.82 Å².